The van der Waals surface area contributed by atoms with Crippen molar-refractivity contribution >= 4 is 11.9 Å². The summed E-state index contributed by atoms with van der Waals surface area (Å²) in [6, 6.07) is 4.01. The number of nitrogens with zero attached hydrogens (tertiary/aromatic N) is 5. The molecule has 0 aliphatic carbocycles. The van der Waals surface area contributed by atoms with E-state index in [0.717, 1.165) is 32.4 Å². The summed E-state index contributed by atoms with van der Waals surface area (Å²) in [5.41, 5.74) is 0. The van der Waals surface area contributed by atoms with Crippen LogP contribution in [0.3, 0.4) is 0 Å². The second-order valence-corrected chi connectivity index (χ2v) is 5.72. The Balaban J connectivity index is 1.41. The third-order valence-electron chi connectivity index (χ3n) is 4.06. The van der Waals surface area contributed by atoms with Gasteiger partial charge in [0.1, 0.15) is 0 Å². The molecule has 1 atom stereocenters. The lowest BCUT2D eigenvalue weighted by Gasteiger charge is -2.33. The van der Waals surface area contributed by atoms with Crippen molar-refractivity contribution in [1.82, 2.24) is 24.6 Å². The van der Waals surface area contributed by atoms with E-state index in [9.17, 15) is 4.79 Å². The summed E-state index contributed by atoms with van der Waals surface area (Å²) in [7, 11) is 0. The molecule has 1 aliphatic heterocycles. The van der Waals surface area contributed by atoms with E-state index in [-0.39, 0.29) is 5.91 Å². The van der Waals surface area contributed by atoms with E-state index in [2.05, 4.69) is 20.4 Å². The third kappa shape index (κ3) is 4.28. The first-order valence-corrected chi connectivity index (χ1v) is 8.11. The highest BCUT2D eigenvalue weighted by Crippen LogP contribution is 2.21. The molecule has 7 heteroatoms. The van der Waals surface area contributed by atoms with Crippen LogP contribution in [0.25, 0.3) is 0 Å². The molecule has 7 nitrogen and oxygen atoms in total. The first-order valence-electron chi connectivity index (χ1n) is 8.11. The predicted octanol–water partition coefficient (Wildman–Crippen LogP) is 1.73. The van der Waals surface area contributed by atoms with Gasteiger partial charge in [-0.3, -0.25) is 9.48 Å². The molecular formula is C16H22N6O. The van der Waals surface area contributed by atoms with Crippen molar-refractivity contribution in [2.45, 2.75) is 31.7 Å². The van der Waals surface area contributed by atoms with Crippen molar-refractivity contribution in [3.63, 3.8) is 0 Å². The Hall–Kier alpha value is -2.44. The van der Waals surface area contributed by atoms with E-state index >= 15 is 0 Å². The molecule has 1 unspecified atom stereocenters. The van der Waals surface area contributed by atoms with E-state index in [1.807, 2.05) is 21.8 Å². The van der Waals surface area contributed by atoms with Gasteiger partial charge >= 0.3 is 0 Å². The number of anilines is 1. The number of carbonyl (C=O) groups is 1. The average Bonchev–Trinajstić information content (AvgIpc) is 3.14. The molecule has 1 aliphatic rings. The summed E-state index contributed by atoms with van der Waals surface area (Å²) in [6.45, 7) is 2.31. The summed E-state index contributed by atoms with van der Waals surface area (Å²) in [5, 5.41) is 7.42. The molecule has 1 N–H and O–H groups in total. The number of amides is 1. The van der Waals surface area contributed by atoms with Gasteiger partial charge in [-0.15, -0.1) is 0 Å². The van der Waals surface area contributed by atoms with E-state index in [1.54, 1.807) is 24.7 Å². The number of carbonyl (C=O) groups excluding carboxylic acids is 1. The van der Waals surface area contributed by atoms with Gasteiger partial charge in [-0.1, -0.05) is 0 Å². The van der Waals surface area contributed by atoms with Gasteiger partial charge in [-0.25, -0.2) is 9.97 Å². The number of hydrogen-bond acceptors (Lipinski definition) is 5. The highest BCUT2D eigenvalue weighted by Gasteiger charge is 2.24. The maximum absolute atomic E-state index is 12.4. The van der Waals surface area contributed by atoms with Crippen LogP contribution >= 0.6 is 0 Å². The molecule has 0 radical (unpaired) electrons. The van der Waals surface area contributed by atoms with Crippen LogP contribution in [0.5, 0.6) is 0 Å². The Morgan fingerprint density at radius 1 is 1.26 bits per heavy atom. The van der Waals surface area contributed by atoms with Crippen molar-refractivity contribution in [1.29, 1.82) is 0 Å². The molecule has 2 aromatic rings. The summed E-state index contributed by atoms with van der Waals surface area (Å²) in [6.07, 6.45) is 10.6. The van der Waals surface area contributed by atoms with Gasteiger partial charge in [0, 0.05) is 50.8 Å². The predicted molar refractivity (Wildman–Crippen MR) is 86.8 cm³/mol. The average molecular weight is 314 g/mol. The highest BCUT2D eigenvalue weighted by molar-refractivity contribution is 5.76. The monoisotopic (exact) mass is 314 g/mol. The van der Waals surface area contributed by atoms with Crippen LogP contribution in [0.2, 0.25) is 0 Å². The third-order valence-corrected chi connectivity index (χ3v) is 4.06. The summed E-state index contributed by atoms with van der Waals surface area (Å²) < 4.78 is 1.97. The molecule has 1 amide bonds. The van der Waals surface area contributed by atoms with Crippen LogP contribution in [0.4, 0.5) is 5.95 Å². The Kier molecular flexibility index (Phi) is 5.18. The zero-order valence-corrected chi connectivity index (χ0v) is 13.1. The fourth-order valence-electron chi connectivity index (χ4n) is 2.88. The van der Waals surface area contributed by atoms with Crippen molar-refractivity contribution < 1.29 is 4.79 Å². The van der Waals surface area contributed by atoms with Crippen molar-refractivity contribution in [3.05, 3.63) is 36.9 Å². The van der Waals surface area contributed by atoms with Gasteiger partial charge in [-0.05, 0) is 31.4 Å². The Morgan fingerprint density at radius 2 is 2.13 bits per heavy atom. The Labute approximate surface area is 135 Å². The molecule has 122 valence electrons. The van der Waals surface area contributed by atoms with Gasteiger partial charge in [-0.2, -0.15) is 5.10 Å². The van der Waals surface area contributed by atoms with Gasteiger partial charge in [0.05, 0.1) is 6.04 Å². The molecule has 1 saturated heterocycles. The quantitative estimate of drug-likeness (QED) is 0.822. The van der Waals surface area contributed by atoms with Gasteiger partial charge in [0.2, 0.25) is 11.9 Å². The van der Waals surface area contributed by atoms with Crippen molar-refractivity contribution in [3.8, 4) is 0 Å². The fraction of sp³-hybridized carbons (Fsp3) is 0.500. The van der Waals surface area contributed by atoms with Crippen LogP contribution in [0.1, 0.15) is 31.7 Å². The summed E-state index contributed by atoms with van der Waals surface area (Å²) >= 11 is 0. The molecule has 2 aromatic heterocycles. The Bertz CT molecular complexity index is 600. The lowest BCUT2D eigenvalue weighted by atomic mass is 10.1. The zero-order valence-electron chi connectivity index (χ0n) is 13.1. The van der Waals surface area contributed by atoms with Crippen LogP contribution in [0.15, 0.2) is 36.9 Å². The number of hydrogen-bond donors (Lipinski definition) is 1. The Morgan fingerprint density at radius 3 is 2.91 bits per heavy atom. The minimum absolute atomic E-state index is 0.220. The fourth-order valence-corrected chi connectivity index (χ4v) is 2.88. The van der Waals surface area contributed by atoms with Gasteiger partial charge in [0.25, 0.3) is 0 Å². The first-order chi connectivity index (χ1) is 11.3. The second kappa shape index (κ2) is 7.71. The lowest BCUT2D eigenvalue weighted by Crippen LogP contribution is -2.40. The molecule has 0 bridgehead atoms. The van der Waals surface area contributed by atoms with Gasteiger partial charge < -0.3 is 10.2 Å². The molecule has 0 spiro atoms. The van der Waals surface area contributed by atoms with Crippen LogP contribution in [-0.2, 0) is 4.79 Å². The van der Waals surface area contributed by atoms with Crippen LogP contribution in [0, 0.1) is 0 Å². The number of nitrogens with one attached hydrogen (secondary N) is 1. The topological polar surface area (TPSA) is 75.9 Å². The van der Waals surface area contributed by atoms with E-state index in [1.165, 1.54) is 0 Å². The number of piperidine rings is 1. The molecular weight excluding hydrogens is 292 g/mol. The normalized spacial score (nSPS) is 17.9. The smallest absolute Gasteiger partial charge is 0.222 e. The summed E-state index contributed by atoms with van der Waals surface area (Å²) in [4.78, 5) is 22.5. The molecule has 1 fully saturated rings. The standard InChI is InChI=1S/C16H22N6O/c23-15(6-1-7-17-16-18-8-3-9-19-16)21-11-2-5-14(13-21)22-12-4-10-20-22/h3-4,8-10,12,14H,1-2,5-7,11,13H2,(H,17,18,19). The lowest BCUT2D eigenvalue weighted by molar-refractivity contribution is -0.132. The van der Waals surface area contributed by atoms with Gasteiger partial charge in [0.15, 0.2) is 0 Å². The maximum atomic E-state index is 12.4. The molecule has 0 saturated carbocycles. The molecule has 0 aromatic carbocycles. The number of likely N-dealkylation sites (tertiary alicyclic amines) is 1. The molecule has 3 heterocycles. The first kappa shape index (κ1) is 15.5. The second-order valence-electron chi connectivity index (χ2n) is 5.72. The van der Waals surface area contributed by atoms with E-state index in [4.69, 9.17) is 0 Å². The van der Waals surface area contributed by atoms with E-state index in [0.29, 0.717) is 25.0 Å². The van der Waals surface area contributed by atoms with Crippen LogP contribution in [-0.4, -0.2) is 50.2 Å². The number of aromatic nitrogens is 4. The minimum Gasteiger partial charge on any atom is -0.354 e. The SMILES string of the molecule is O=C(CCCNc1ncccn1)N1CCCC(n2cccn2)C1. The van der Waals surface area contributed by atoms with E-state index < -0.39 is 0 Å². The summed E-state index contributed by atoms with van der Waals surface area (Å²) in [5.74, 6) is 0.828. The van der Waals surface area contributed by atoms with Crippen molar-refractivity contribution in [2.75, 3.05) is 25.0 Å². The molecule has 23 heavy (non-hydrogen) atoms. The highest BCUT2D eigenvalue weighted by atomic mass is 16.2. The number of rotatable bonds is 6. The maximum Gasteiger partial charge on any atom is 0.222 e. The van der Waals surface area contributed by atoms with Crippen molar-refractivity contribution in [2.24, 2.45) is 0 Å². The zero-order chi connectivity index (χ0) is 15.9. The molecule has 3 rings (SSSR count). The van der Waals surface area contributed by atoms with Crippen LogP contribution < -0.4 is 5.32 Å². The largest absolute Gasteiger partial charge is 0.354 e. The minimum atomic E-state index is 0.220.